The van der Waals surface area contributed by atoms with Crippen LogP contribution in [0.4, 0.5) is 18.0 Å². The Balaban J connectivity index is 1.32. The van der Waals surface area contributed by atoms with E-state index in [1.54, 1.807) is 32.9 Å². The van der Waals surface area contributed by atoms with Gasteiger partial charge in [-0.25, -0.2) is 4.79 Å². The van der Waals surface area contributed by atoms with Crippen LogP contribution in [0.1, 0.15) is 45.6 Å². The number of nitrogens with zero attached hydrogens (tertiary/aromatic N) is 1. The number of amides is 1. The maximum atomic E-state index is 12.9. The Morgan fingerprint density at radius 1 is 1.10 bits per heavy atom. The van der Waals surface area contributed by atoms with Crippen LogP contribution in [0, 0.1) is 11.3 Å². The number of carbonyl (C=O) groups is 2. The minimum atomic E-state index is -4.72. The van der Waals surface area contributed by atoms with Gasteiger partial charge in [0, 0.05) is 18.5 Å². The minimum absolute atomic E-state index is 0.168. The molecule has 5 rings (SSSR count). The fourth-order valence-corrected chi connectivity index (χ4v) is 4.93. The molecule has 8 heteroatoms. The first kappa shape index (κ1) is 20.0. The molecular weight excluding hydrogens is 387 g/mol. The molecular formula is C21H24F3NO4. The van der Waals surface area contributed by atoms with E-state index in [1.165, 1.54) is 17.0 Å². The highest BCUT2D eigenvalue weighted by Crippen LogP contribution is 2.74. The molecule has 0 aromatic heterocycles. The van der Waals surface area contributed by atoms with Crippen LogP contribution in [0.25, 0.3) is 0 Å². The minimum Gasteiger partial charge on any atom is -0.444 e. The number of benzene rings is 1. The van der Waals surface area contributed by atoms with E-state index in [2.05, 4.69) is 4.74 Å². The van der Waals surface area contributed by atoms with Gasteiger partial charge in [-0.2, -0.15) is 0 Å². The van der Waals surface area contributed by atoms with Crippen LogP contribution in [0.2, 0.25) is 0 Å². The van der Waals surface area contributed by atoms with Crippen molar-refractivity contribution in [1.29, 1.82) is 0 Å². The summed E-state index contributed by atoms with van der Waals surface area (Å²) in [6.45, 7) is 6.13. The van der Waals surface area contributed by atoms with Gasteiger partial charge >= 0.3 is 12.5 Å². The standard InChI is InChI=1S/C21H24F3NO4/c1-18(2,3)29-17(27)25-8-13(9-25)16(26)20-10-19(11-20,12-20)14-5-4-6-15(7-14)28-21(22,23)24/h4-7,13H,8-12H2,1-3H3. The SMILES string of the molecule is CC(C)(C)OC(=O)N1CC(C(=O)C23CC(c4cccc(OC(F)(F)F)c4)(C2)C3)C1. The third-order valence-corrected chi connectivity index (χ3v) is 6.14. The zero-order valence-electron chi connectivity index (χ0n) is 16.6. The average molecular weight is 411 g/mol. The van der Waals surface area contributed by atoms with Crippen molar-refractivity contribution in [2.24, 2.45) is 11.3 Å². The number of likely N-dealkylation sites (tertiary alicyclic amines) is 1. The van der Waals surface area contributed by atoms with Gasteiger partial charge in [-0.15, -0.1) is 13.2 Å². The first-order chi connectivity index (χ1) is 13.3. The molecule has 3 aliphatic carbocycles. The van der Waals surface area contributed by atoms with Gasteiger partial charge in [-0.1, -0.05) is 12.1 Å². The lowest BCUT2D eigenvalue weighted by atomic mass is 9.31. The van der Waals surface area contributed by atoms with Crippen LogP contribution < -0.4 is 4.74 Å². The third kappa shape index (κ3) is 3.57. The van der Waals surface area contributed by atoms with Crippen LogP contribution in [-0.4, -0.2) is 41.8 Å². The Kier molecular flexibility index (Phi) is 4.23. The molecule has 1 amide bonds. The average Bonchev–Trinajstić information content (AvgIpc) is 2.39. The molecule has 3 saturated carbocycles. The van der Waals surface area contributed by atoms with Gasteiger partial charge in [-0.3, -0.25) is 4.79 Å². The molecule has 29 heavy (non-hydrogen) atoms. The van der Waals surface area contributed by atoms with Crippen LogP contribution >= 0.6 is 0 Å². The van der Waals surface area contributed by atoms with Gasteiger partial charge in [0.1, 0.15) is 17.1 Å². The molecule has 1 heterocycles. The maximum absolute atomic E-state index is 12.9. The van der Waals surface area contributed by atoms with E-state index in [4.69, 9.17) is 4.74 Å². The summed E-state index contributed by atoms with van der Waals surface area (Å²) in [5.41, 5.74) is -0.393. The summed E-state index contributed by atoms with van der Waals surface area (Å²) >= 11 is 0. The molecule has 158 valence electrons. The topological polar surface area (TPSA) is 55.8 Å². The van der Waals surface area contributed by atoms with Crippen molar-refractivity contribution in [3.8, 4) is 5.75 Å². The van der Waals surface area contributed by atoms with E-state index in [0.717, 1.165) is 5.56 Å². The van der Waals surface area contributed by atoms with Crippen molar-refractivity contribution in [2.75, 3.05) is 13.1 Å². The molecule has 4 aliphatic rings. The fraction of sp³-hybridized carbons (Fsp3) is 0.619. The van der Waals surface area contributed by atoms with Gasteiger partial charge in [0.2, 0.25) is 0 Å². The maximum Gasteiger partial charge on any atom is 0.573 e. The Hall–Kier alpha value is -2.25. The van der Waals surface area contributed by atoms with Gasteiger partial charge in [0.25, 0.3) is 0 Å². The highest BCUT2D eigenvalue weighted by molar-refractivity contribution is 5.93. The smallest absolute Gasteiger partial charge is 0.444 e. The van der Waals surface area contributed by atoms with Gasteiger partial charge in [0.05, 0.1) is 5.92 Å². The lowest BCUT2D eigenvalue weighted by molar-refractivity contribution is -0.274. The van der Waals surface area contributed by atoms with Crippen LogP contribution in [0.15, 0.2) is 24.3 Å². The number of ether oxygens (including phenoxy) is 2. The summed E-state index contributed by atoms with van der Waals surface area (Å²) in [5.74, 6) is -0.241. The third-order valence-electron chi connectivity index (χ3n) is 6.14. The fourth-order valence-electron chi connectivity index (χ4n) is 4.93. The molecule has 1 aliphatic heterocycles. The van der Waals surface area contributed by atoms with E-state index < -0.39 is 18.1 Å². The number of alkyl halides is 3. The molecule has 1 aromatic carbocycles. The number of ketones is 1. The summed E-state index contributed by atoms with van der Waals surface area (Å²) in [7, 11) is 0. The first-order valence-electron chi connectivity index (χ1n) is 9.70. The number of halogens is 3. The van der Waals surface area contributed by atoms with Crippen molar-refractivity contribution < 1.29 is 32.2 Å². The Morgan fingerprint density at radius 3 is 2.28 bits per heavy atom. The van der Waals surface area contributed by atoms with Gasteiger partial charge < -0.3 is 14.4 Å². The zero-order chi connectivity index (χ0) is 21.2. The largest absolute Gasteiger partial charge is 0.573 e. The quantitative estimate of drug-likeness (QED) is 0.735. The van der Waals surface area contributed by atoms with Crippen LogP contribution in [-0.2, 0) is 14.9 Å². The molecule has 5 nitrogen and oxygen atoms in total. The Labute approximate surface area is 167 Å². The van der Waals surface area contributed by atoms with E-state index in [9.17, 15) is 22.8 Å². The number of hydrogen-bond donors (Lipinski definition) is 0. The predicted molar refractivity (Wildman–Crippen MR) is 97.4 cm³/mol. The summed E-state index contributed by atoms with van der Waals surface area (Å²) in [6.07, 6.45) is -3.18. The predicted octanol–water partition coefficient (Wildman–Crippen LogP) is 4.44. The second-order valence-electron chi connectivity index (χ2n) is 9.61. The van der Waals surface area contributed by atoms with Crippen molar-refractivity contribution in [2.45, 2.75) is 57.4 Å². The summed E-state index contributed by atoms with van der Waals surface area (Å²) in [6, 6.07) is 6.05. The Bertz CT molecular complexity index is 832. The molecule has 0 radical (unpaired) electrons. The molecule has 2 bridgehead atoms. The summed E-state index contributed by atoms with van der Waals surface area (Å²) in [5, 5.41) is 0. The number of rotatable bonds is 4. The monoisotopic (exact) mass is 411 g/mol. The Morgan fingerprint density at radius 2 is 1.72 bits per heavy atom. The van der Waals surface area contributed by atoms with Crippen molar-refractivity contribution >= 4 is 11.9 Å². The van der Waals surface area contributed by atoms with E-state index in [1.807, 2.05) is 0 Å². The molecule has 4 fully saturated rings. The second-order valence-corrected chi connectivity index (χ2v) is 9.61. The molecule has 1 saturated heterocycles. The second kappa shape index (κ2) is 6.12. The van der Waals surface area contributed by atoms with Crippen molar-refractivity contribution in [1.82, 2.24) is 4.90 Å². The highest BCUT2D eigenvalue weighted by atomic mass is 19.4. The van der Waals surface area contributed by atoms with Gasteiger partial charge in [0.15, 0.2) is 0 Å². The normalized spacial score (nSPS) is 28.7. The molecule has 0 atom stereocenters. The lowest BCUT2D eigenvalue weighted by Crippen LogP contribution is -2.71. The molecule has 0 unspecified atom stereocenters. The summed E-state index contributed by atoms with van der Waals surface area (Å²) < 4.78 is 46.7. The molecule has 0 spiro atoms. The van der Waals surface area contributed by atoms with E-state index in [0.29, 0.717) is 32.4 Å². The molecule has 0 N–H and O–H groups in total. The van der Waals surface area contributed by atoms with E-state index in [-0.39, 0.29) is 28.3 Å². The highest BCUT2D eigenvalue weighted by Gasteiger charge is 2.72. The zero-order valence-corrected chi connectivity index (χ0v) is 16.6. The summed E-state index contributed by atoms with van der Waals surface area (Å²) in [4.78, 5) is 26.5. The van der Waals surface area contributed by atoms with Crippen LogP contribution in [0.3, 0.4) is 0 Å². The van der Waals surface area contributed by atoms with Crippen molar-refractivity contribution in [3.63, 3.8) is 0 Å². The lowest BCUT2D eigenvalue weighted by Gasteiger charge is -2.71. The number of hydrogen-bond acceptors (Lipinski definition) is 4. The van der Waals surface area contributed by atoms with Gasteiger partial charge in [-0.05, 0) is 63.1 Å². The van der Waals surface area contributed by atoms with Crippen molar-refractivity contribution in [3.05, 3.63) is 29.8 Å². The first-order valence-corrected chi connectivity index (χ1v) is 9.70. The van der Waals surface area contributed by atoms with Crippen LogP contribution in [0.5, 0.6) is 5.75 Å². The van der Waals surface area contributed by atoms with E-state index >= 15 is 0 Å². The molecule has 1 aromatic rings. The number of carbonyl (C=O) groups excluding carboxylic acids is 2. The number of Topliss-reactive ketones (excluding diaryl/α,β-unsaturated/α-hetero) is 1.